The fourth-order valence-electron chi connectivity index (χ4n) is 4.58. The first kappa shape index (κ1) is 19.1. The van der Waals surface area contributed by atoms with Gasteiger partial charge in [0, 0.05) is 32.2 Å². The first-order valence-electron chi connectivity index (χ1n) is 10.7. The maximum absolute atomic E-state index is 13.4. The lowest BCUT2D eigenvalue weighted by Crippen LogP contribution is -2.46. The van der Waals surface area contributed by atoms with Gasteiger partial charge in [0.2, 0.25) is 5.91 Å². The molecule has 2 atom stereocenters. The number of nitrogens with zero attached hydrogens (tertiary/aromatic N) is 3. The molecule has 7 nitrogen and oxygen atoms in total. The molecule has 3 aromatic rings. The lowest BCUT2D eigenvalue weighted by molar-refractivity contribution is -0.123. The molecule has 4 heterocycles. The smallest absolute Gasteiger partial charge is 0.299 e. The number of hydrogen-bond acceptors (Lipinski definition) is 6. The summed E-state index contributed by atoms with van der Waals surface area (Å²) in [6, 6.07) is 11.8. The number of rotatable bonds is 5. The molecule has 0 aliphatic carbocycles. The van der Waals surface area contributed by atoms with Gasteiger partial charge in [0.25, 0.3) is 6.01 Å². The van der Waals surface area contributed by atoms with Crippen LogP contribution >= 0.6 is 0 Å². The number of amides is 1. The standard InChI is InChI=1S/C23H26N4O3/c28-22(26-21(16-9-13-29-14-10-16)17-5-3-11-24-15-17)19-7-4-12-27(19)23-25-18-6-1-2-8-20(18)30-23/h1-3,5-6,8,11,15-16,19,21H,4,7,9-10,12-14H2,(H,26,28)/t19-,21-/m1/s1. The van der Waals surface area contributed by atoms with Crippen molar-refractivity contribution in [2.45, 2.75) is 37.8 Å². The van der Waals surface area contributed by atoms with Gasteiger partial charge in [0.05, 0.1) is 6.04 Å². The van der Waals surface area contributed by atoms with Crippen molar-refractivity contribution in [2.24, 2.45) is 5.92 Å². The maximum atomic E-state index is 13.4. The summed E-state index contributed by atoms with van der Waals surface area (Å²) in [6.45, 7) is 2.23. The summed E-state index contributed by atoms with van der Waals surface area (Å²) in [5.74, 6) is 0.362. The molecule has 1 aromatic carbocycles. The lowest BCUT2D eigenvalue weighted by Gasteiger charge is -2.33. The van der Waals surface area contributed by atoms with Crippen LogP contribution in [-0.4, -0.2) is 41.7 Å². The quantitative estimate of drug-likeness (QED) is 0.699. The molecule has 2 saturated heterocycles. The molecular weight excluding hydrogens is 380 g/mol. The van der Waals surface area contributed by atoms with Crippen LogP contribution in [0.3, 0.4) is 0 Å². The van der Waals surface area contributed by atoms with Gasteiger partial charge >= 0.3 is 0 Å². The van der Waals surface area contributed by atoms with E-state index in [9.17, 15) is 4.79 Å². The number of hydrogen-bond donors (Lipinski definition) is 1. The predicted octanol–water partition coefficient (Wildman–Crippen LogP) is 3.48. The molecule has 0 radical (unpaired) electrons. The fourth-order valence-corrected chi connectivity index (χ4v) is 4.58. The largest absolute Gasteiger partial charge is 0.423 e. The molecule has 0 spiro atoms. The Hall–Kier alpha value is -2.93. The summed E-state index contributed by atoms with van der Waals surface area (Å²) in [6.07, 6.45) is 7.20. The van der Waals surface area contributed by atoms with E-state index in [4.69, 9.17) is 9.15 Å². The lowest BCUT2D eigenvalue weighted by atomic mass is 9.87. The zero-order chi connectivity index (χ0) is 20.3. The number of pyridine rings is 1. The Morgan fingerprint density at radius 3 is 2.80 bits per heavy atom. The Morgan fingerprint density at radius 2 is 2.00 bits per heavy atom. The van der Waals surface area contributed by atoms with Gasteiger partial charge < -0.3 is 19.4 Å². The summed E-state index contributed by atoms with van der Waals surface area (Å²) in [4.78, 5) is 24.3. The minimum Gasteiger partial charge on any atom is -0.423 e. The minimum absolute atomic E-state index is 0.0232. The third-order valence-electron chi connectivity index (χ3n) is 6.16. The van der Waals surface area contributed by atoms with Crippen molar-refractivity contribution < 1.29 is 13.9 Å². The molecule has 1 N–H and O–H groups in total. The van der Waals surface area contributed by atoms with E-state index in [1.165, 1.54) is 0 Å². The van der Waals surface area contributed by atoms with Crippen LogP contribution in [0, 0.1) is 5.92 Å². The zero-order valence-electron chi connectivity index (χ0n) is 16.9. The zero-order valence-corrected chi connectivity index (χ0v) is 16.9. The number of fused-ring (bicyclic) bond motifs is 1. The van der Waals surface area contributed by atoms with Gasteiger partial charge in [-0.15, -0.1) is 0 Å². The molecule has 5 rings (SSSR count). The third-order valence-corrected chi connectivity index (χ3v) is 6.16. The van der Waals surface area contributed by atoms with Gasteiger partial charge in [-0.2, -0.15) is 4.98 Å². The van der Waals surface area contributed by atoms with Crippen molar-refractivity contribution >= 4 is 23.0 Å². The van der Waals surface area contributed by atoms with E-state index in [-0.39, 0.29) is 18.0 Å². The summed E-state index contributed by atoms with van der Waals surface area (Å²) >= 11 is 0. The number of oxazole rings is 1. The molecule has 2 aliphatic rings. The monoisotopic (exact) mass is 406 g/mol. The third kappa shape index (κ3) is 3.77. The first-order chi connectivity index (χ1) is 14.8. The highest BCUT2D eigenvalue weighted by molar-refractivity contribution is 5.86. The number of carbonyl (C=O) groups is 1. The van der Waals surface area contributed by atoms with E-state index in [1.807, 2.05) is 47.5 Å². The number of para-hydroxylation sites is 2. The van der Waals surface area contributed by atoms with Gasteiger partial charge in [-0.05, 0) is 55.4 Å². The fraction of sp³-hybridized carbons (Fsp3) is 0.435. The van der Waals surface area contributed by atoms with E-state index >= 15 is 0 Å². The topological polar surface area (TPSA) is 80.5 Å². The van der Waals surface area contributed by atoms with Crippen LogP contribution in [0.1, 0.15) is 37.3 Å². The Balaban J connectivity index is 1.37. The molecule has 7 heteroatoms. The van der Waals surface area contributed by atoms with Crippen LogP contribution in [0.5, 0.6) is 0 Å². The first-order valence-corrected chi connectivity index (χ1v) is 10.7. The molecule has 2 fully saturated rings. The van der Waals surface area contributed by atoms with Crippen molar-refractivity contribution in [1.82, 2.24) is 15.3 Å². The van der Waals surface area contributed by atoms with Gasteiger partial charge in [-0.1, -0.05) is 18.2 Å². The molecule has 1 amide bonds. The second-order valence-corrected chi connectivity index (χ2v) is 8.04. The van der Waals surface area contributed by atoms with E-state index in [1.54, 1.807) is 6.20 Å². The minimum atomic E-state index is -0.280. The van der Waals surface area contributed by atoms with Crippen molar-refractivity contribution in [3.8, 4) is 0 Å². The van der Waals surface area contributed by atoms with Crippen molar-refractivity contribution in [2.75, 3.05) is 24.7 Å². The Morgan fingerprint density at radius 1 is 1.13 bits per heavy atom. The molecule has 156 valence electrons. The molecule has 2 aliphatic heterocycles. The van der Waals surface area contributed by atoms with Gasteiger partial charge in [0.15, 0.2) is 5.58 Å². The summed E-state index contributed by atoms with van der Waals surface area (Å²) < 4.78 is 11.5. The molecular formula is C23H26N4O3. The van der Waals surface area contributed by atoms with Crippen LogP contribution in [-0.2, 0) is 9.53 Å². The van der Waals surface area contributed by atoms with Crippen molar-refractivity contribution in [3.05, 3.63) is 54.4 Å². The Kier molecular flexibility index (Phi) is 5.36. The summed E-state index contributed by atoms with van der Waals surface area (Å²) in [5.41, 5.74) is 2.60. The highest BCUT2D eigenvalue weighted by Crippen LogP contribution is 2.32. The molecule has 0 saturated carbocycles. The molecule has 30 heavy (non-hydrogen) atoms. The normalized spacial score (nSPS) is 21.1. The van der Waals surface area contributed by atoms with Gasteiger partial charge in [-0.3, -0.25) is 9.78 Å². The molecule has 0 bridgehead atoms. The van der Waals surface area contributed by atoms with Crippen LogP contribution in [0.2, 0.25) is 0 Å². The predicted molar refractivity (Wildman–Crippen MR) is 113 cm³/mol. The highest BCUT2D eigenvalue weighted by Gasteiger charge is 2.36. The number of nitrogens with one attached hydrogen (secondary N) is 1. The SMILES string of the molecule is O=C(N[C@@H](c1cccnc1)C1CCOCC1)[C@H]1CCCN1c1nc2ccccc2o1. The van der Waals surface area contributed by atoms with Gasteiger partial charge in [0.1, 0.15) is 11.6 Å². The van der Waals surface area contributed by atoms with E-state index in [0.717, 1.165) is 62.1 Å². The van der Waals surface area contributed by atoms with E-state index in [0.29, 0.717) is 11.9 Å². The van der Waals surface area contributed by atoms with Crippen LogP contribution in [0.15, 0.2) is 53.2 Å². The number of aromatic nitrogens is 2. The molecule has 0 unspecified atom stereocenters. The summed E-state index contributed by atoms with van der Waals surface area (Å²) in [7, 11) is 0. The average Bonchev–Trinajstić information content (AvgIpc) is 3.45. The van der Waals surface area contributed by atoms with Gasteiger partial charge in [-0.25, -0.2) is 0 Å². The van der Waals surface area contributed by atoms with Crippen LogP contribution in [0.25, 0.3) is 11.1 Å². The number of benzene rings is 1. The number of ether oxygens (including phenoxy) is 1. The second kappa shape index (κ2) is 8.44. The average molecular weight is 406 g/mol. The Labute approximate surface area is 175 Å². The van der Waals surface area contributed by atoms with Crippen molar-refractivity contribution in [3.63, 3.8) is 0 Å². The maximum Gasteiger partial charge on any atom is 0.299 e. The molecule has 2 aromatic heterocycles. The second-order valence-electron chi connectivity index (χ2n) is 8.04. The van der Waals surface area contributed by atoms with E-state index < -0.39 is 0 Å². The van der Waals surface area contributed by atoms with Crippen LogP contribution in [0.4, 0.5) is 6.01 Å². The summed E-state index contributed by atoms with van der Waals surface area (Å²) in [5, 5.41) is 3.33. The highest BCUT2D eigenvalue weighted by atomic mass is 16.5. The Bertz CT molecular complexity index is 967. The number of carbonyl (C=O) groups excluding carboxylic acids is 1. The number of anilines is 1. The van der Waals surface area contributed by atoms with Crippen molar-refractivity contribution in [1.29, 1.82) is 0 Å². The van der Waals surface area contributed by atoms with Crippen LogP contribution < -0.4 is 10.2 Å². The van der Waals surface area contributed by atoms with E-state index in [2.05, 4.69) is 15.3 Å².